The average Bonchev–Trinajstić information content (AvgIpc) is 3.12. The van der Waals surface area contributed by atoms with Gasteiger partial charge in [-0.3, -0.25) is 14.4 Å². The number of rotatable bonds is 39. The van der Waals surface area contributed by atoms with Gasteiger partial charge in [0.2, 0.25) is 0 Å². The molecule has 0 rings (SSSR count). The maximum Gasteiger partial charge on any atom is 0.306 e. The van der Waals surface area contributed by atoms with Crippen molar-refractivity contribution in [2.24, 2.45) is 0 Å². The van der Waals surface area contributed by atoms with Crippen LogP contribution in [0.5, 0.6) is 0 Å². The summed E-state index contributed by atoms with van der Waals surface area (Å²) in [5.74, 6) is -0.962. The van der Waals surface area contributed by atoms with Gasteiger partial charge in [-0.05, 0) is 91.3 Å². The minimum Gasteiger partial charge on any atom is -0.462 e. The Hall–Kier alpha value is -2.15. The Kier molecular flexibility index (Phi) is 38.4. The minimum atomic E-state index is -0.784. The van der Waals surface area contributed by atoms with Crippen LogP contribution in [0.3, 0.4) is 0 Å². The lowest BCUT2D eigenvalue weighted by Crippen LogP contribution is -2.31. The molecule has 7 nitrogen and oxygen atoms in total. The highest BCUT2D eigenvalue weighted by Gasteiger charge is 2.19. The summed E-state index contributed by atoms with van der Waals surface area (Å²) in [6.07, 6.45) is 41.4. The molecule has 0 radical (unpaired) electrons. The molecule has 0 fully saturated rings. The molecule has 1 atom stereocenters. The van der Waals surface area contributed by atoms with Gasteiger partial charge in [0, 0.05) is 19.3 Å². The zero-order valence-electron chi connectivity index (χ0n) is 34.6. The monoisotopic (exact) mass is 734 g/mol. The van der Waals surface area contributed by atoms with Crippen molar-refractivity contribution in [1.29, 1.82) is 0 Å². The van der Waals surface area contributed by atoms with E-state index in [1.807, 2.05) is 19.0 Å². The Balaban J connectivity index is 4.20. The van der Waals surface area contributed by atoms with Crippen LogP contribution in [-0.4, -0.2) is 62.8 Å². The van der Waals surface area contributed by atoms with Crippen molar-refractivity contribution in [3.05, 3.63) is 24.3 Å². The molecule has 0 unspecified atom stereocenters. The lowest BCUT2D eigenvalue weighted by atomic mass is 10.1. The Morgan fingerprint density at radius 1 is 0.442 bits per heavy atom. The smallest absolute Gasteiger partial charge is 0.306 e. The van der Waals surface area contributed by atoms with Gasteiger partial charge >= 0.3 is 17.9 Å². The Bertz CT molecular complexity index is 870. The largest absolute Gasteiger partial charge is 0.462 e. The number of allylic oxidation sites excluding steroid dienone is 4. The number of esters is 3. The first kappa shape index (κ1) is 49.9. The van der Waals surface area contributed by atoms with Crippen LogP contribution in [-0.2, 0) is 28.6 Å². The summed E-state index contributed by atoms with van der Waals surface area (Å²) in [5, 5.41) is 0. The molecule has 0 amide bonds. The predicted molar refractivity (Wildman–Crippen MR) is 218 cm³/mol. The number of hydrogen-bond donors (Lipinski definition) is 0. The fourth-order valence-electron chi connectivity index (χ4n) is 6.10. The Labute approximate surface area is 321 Å². The highest BCUT2D eigenvalue weighted by atomic mass is 16.6. The third-order valence-electron chi connectivity index (χ3n) is 9.43. The fourth-order valence-corrected chi connectivity index (χ4v) is 6.10. The second-order valence-corrected chi connectivity index (χ2v) is 15.1. The van der Waals surface area contributed by atoms with Crippen LogP contribution in [0.2, 0.25) is 0 Å². The molecule has 0 spiro atoms. The first-order valence-electron chi connectivity index (χ1n) is 21.8. The van der Waals surface area contributed by atoms with Crippen molar-refractivity contribution >= 4 is 17.9 Å². The fraction of sp³-hybridized carbons (Fsp3) is 0.844. The third-order valence-corrected chi connectivity index (χ3v) is 9.43. The van der Waals surface area contributed by atoms with Gasteiger partial charge in [0.25, 0.3) is 0 Å². The molecule has 7 heteroatoms. The van der Waals surface area contributed by atoms with Gasteiger partial charge in [-0.2, -0.15) is 0 Å². The van der Waals surface area contributed by atoms with Crippen LogP contribution >= 0.6 is 0 Å². The van der Waals surface area contributed by atoms with Crippen LogP contribution in [0.1, 0.15) is 206 Å². The number of ether oxygens (including phenoxy) is 3. The van der Waals surface area contributed by atoms with Gasteiger partial charge in [-0.15, -0.1) is 0 Å². The molecule has 0 saturated carbocycles. The Morgan fingerprint density at radius 2 is 0.769 bits per heavy atom. The van der Waals surface area contributed by atoms with E-state index in [4.69, 9.17) is 14.2 Å². The normalized spacial score (nSPS) is 12.2. The maximum absolute atomic E-state index is 12.6. The van der Waals surface area contributed by atoms with E-state index in [9.17, 15) is 14.4 Å². The number of carbonyl (C=O) groups is 3. The molecule has 0 aliphatic heterocycles. The average molecular weight is 734 g/mol. The second kappa shape index (κ2) is 40.0. The van der Waals surface area contributed by atoms with Gasteiger partial charge in [0.1, 0.15) is 13.2 Å². The first-order chi connectivity index (χ1) is 25.4. The highest BCUT2D eigenvalue weighted by molar-refractivity contribution is 5.71. The molecule has 0 aromatic carbocycles. The lowest BCUT2D eigenvalue weighted by Gasteiger charge is -2.18. The summed E-state index contributed by atoms with van der Waals surface area (Å²) in [5.41, 5.74) is 0. The number of carbonyl (C=O) groups excluding carboxylic acids is 3. The molecule has 0 aromatic heterocycles. The summed E-state index contributed by atoms with van der Waals surface area (Å²) < 4.78 is 16.5. The minimum absolute atomic E-state index is 0.0894. The standard InChI is InChI=1S/C45H83NO6/c1-5-7-9-11-13-15-17-19-21-22-24-26-28-30-32-34-37-45(49)52-42(41-51-44(48)38-35-39-46(3)4)40-50-43(47)36-33-31-29-27-25-23-20-18-16-14-12-10-8-6-2/h18-21,42H,5-17,22-41H2,1-4H3/b20-18+,21-19+/t42-/m1/s1. The molecule has 304 valence electrons. The summed E-state index contributed by atoms with van der Waals surface area (Å²) in [7, 11) is 3.92. The summed E-state index contributed by atoms with van der Waals surface area (Å²) in [6, 6.07) is 0. The van der Waals surface area contributed by atoms with Gasteiger partial charge in [0.15, 0.2) is 6.10 Å². The maximum atomic E-state index is 12.6. The molecule has 0 heterocycles. The van der Waals surface area contributed by atoms with Gasteiger partial charge in [0.05, 0.1) is 0 Å². The Morgan fingerprint density at radius 3 is 1.15 bits per heavy atom. The summed E-state index contributed by atoms with van der Waals surface area (Å²) in [6.45, 7) is 5.12. The molecule has 0 aromatic rings. The van der Waals surface area contributed by atoms with Crippen molar-refractivity contribution in [2.75, 3.05) is 33.9 Å². The zero-order chi connectivity index (χ0) is 38.2. The van der Waals surface area contributed by atoms with Gasteiger partial charge < -0.3 is 19.1 Å². The molecule has 52 heavy (non-hydrogen) atoms. The van der Waals surface area contributed by atoms with E-state index in [0.29, 0.717) is 25.7 Å². The van der Waals surface area contributed by atoms with E-state index in [1.54, 1.807) is 0 Å². The van der Waals surface area contributed by atoms with E-state index in [2.05, 4.69) is 38.2 Å². The molecule has 0 aliphatic carbocycles. The van der Waals surface area contributed by atoms with E-state index in [-0.39, 0.29) is 31.1 Å². The van der Waals surface area contributed by atoms with Crippen LogP contribution in [0, 0.1) is 0 Å². The van der Waals surface area contributed by atoms with Crippen LogP contribution in [0.4, 0.5) is 0 Å². The van der Waals surface area contributed by atoms with E-state index in [0.717, 1.165) is 57.9 Å². The number of hydrogen-bond acceptors (Lipinski definition) is 7. The summed E-state index contributed by atoms with van der Waals surface area (Å²) >= 11 is 0. The van der Waals surface area contributed by atoms with E-state index < -0.39 is 6.10 Å². The van der Waals surface area contributed by atoms with Gasteiger partial charge in [-0.25, -0.2) is 0 Å². The molecular formula is C45H83NO6. The quantitative estimate of drug-likeness (QED) is 0.0269. The van der Waals surface area contributed by atoms with Crippen LogP contribution in [0.25, 0.3) is 0 Å². The first-order valence-corrected chi connectivity index (χ1v) is 21.8. The van der Waals surface area contributed by atoms with Crippen LogP contribution in [0.15, 0.2) is 24.3 Å². The molecule has 0 N–H and O–H groups in total. The molecular weight excluding hydrogens is 650 g/mol. The van der Waals surface area contributed by atoms with E-state index >= 15 is 0 Å². The van der Waals surface area contributed by atoms with Crippen molar-refractivity contribution in [3.63, 3.8) is 0 Å². The third kappa shape index (κ3) is 39.1. The van der Waals surface area contributed by atoms with E-state index in [1.165, 1.54) is 116 Å². The molecule has 0 saturated heterocycles. The van der Waals surface area contributed by atoms with Gasteiger partial charge in [-0.1, -0.05) is 141 Å². The van der Waals surface area contributed by atoms with Crippen molar-refractivity contribution in [3.8, 4) is 0 Å². The topological polar surface area (TPSA) is 82.1 Å². The molecule has 0 aliphatic rings. The van der Waals surface area contributed by atoms with Crippen molar-refractivity contribution in [1.82, 2.24) is 4.90 Å². The number of nitrogens with zero attached hydrogens (tertiary/aromatic N) is 1. The number of unbranched alkanes of at least 4 members (excludes halogenated alkanes) is 22. The highest BCUT2D eigenvalue weighted by Crippen LogP contribution is 2.13. The second-order valence-electron chi connectivity index (χ2n) is 15.1. The van der Waals surface area contributed by atoms with Crippen molar-refractivity contribution < 1.29 is 28.6 Å². The zero-order valence-corrected chi connectivity index (χ0v) is 34.6. The van der Waals surface area contributed by atoms with Crippen LogP contribution < -0.4 is 0 Å². The lowest BCUT2D eigenvalue weighted by molar-refractivity contribution is -0.167. The predicted octanol–water partition coefficient (Wildman–Crippen LogP) is 12.4. The molecule has 0 bridgehead atoms. The van der Waals surface area contributed by atoms with Crippen molar-refractivity contribution in [2.45, 2.75) is 213 Å². The SMILES string of the molecule is CCCCCCC/C=C/CCCCCCCC(=O)OC[C@H](COC(=O)CCCN(C)C)OC(=O)CCCCCCCC/C=C/CCCCCCCC. The summed E-state index contributed by atoms with van der Waals surface area (Å²) in [4.78, 5) is 39.4.